The Hall–Kier alpha value is -1.20. The molecule has 0 radical (unpaired) electrons. The molecule has 3 nitrogen and oxygen atoms in total. The molecule has 0 amide bonds. The van der Waals surface area contributed by atoms with Crippen molar-refractivity contribution in [2.45, 2.75) is 4.90 Å². The molecule has 0 aliphatic carbocycles. The molecule has 5 heteroatoms. The smallest absolute Gasteiger partial charge is 0.0958 e. The second kappa shape index (κ2) is 3.92. The molecule has 0 aliphatic heterocycles. The molecule has 2 aromatic heterocycles. The normalized spacial score (nSPS) is 13.3. The monoisotopic (exact) mass is 308 g/mol. The van der Waals surface area contributed by atoms with Gasteiger partial charge in [-0.2, -0.15) is 0 Å². The molecule has 3 aromatic rings. The zero-order chi connectivity index (χ0) is 12.0. The Kier molecular flexibility index (Phi) is 2.52. The quantitative estimate of drug-likeness (QED) is 0.750. The number of aromatic nitrogens is 2. The topological polar surface area (TPSA) is 45.8 Å². The molecule has 1 unspecified atom stereocenters. The van der Waals surface area contributed by atoms with Gasteiger partial charge in [-0.3, -0.25) is 9.19 Å². The molecule has 0 bridgehead atoms. The lowest BCUT2D eigenvalue weighted by molar-refractivity contribution is 0.687. The molecular weight excluding hydrogens is 300 g/mol. The summed E-state index contributed by atoms with van der Waals surface area (Å²) in [6.45, 7) is 0. The first-order chi connectivity index (χ1) is 8.15. The van der Waals surface area contributed by atoms with Gasteiger partial charge in [0.25, 0.3) is 0 Å². The highest BCUT2D eigenvalue weighted by molar-refractivity contribution is 9.10. The van der Waals surface area contributed by atoms with E-state index in [0.29, 0.717) is 0 Å². The highest BCUT2D eigenvalue weighted by Gasteiger charge is 2.07. The highest BCUT2D eigenvalue weighted by Crippen LogP contribution is 2.26. The van der Waals surface area contributed by atoms with Crippen LogP contribution in [-0.2, 0) is 10.8 Å². The van der Waals surface area contributed by atoms with Crippen molar-refractivity contribution in [2.75, 3.05) is 6.26 Å². The highest BCUT2D eigenvalue weighted by atomic mass is 79.9. The minimum absolute atomic E-state index is 0.822. The molecule has 86 valence electrons. The fourth-order valence-corrected chi connectivity index (χ4v) is 2.78. The van der Waals surface area contributed by atoms with Crippen LogP contribution in [-0.4, -0.2) is 20.4 Å². The molecule has 1 aromatic carbocycles. The molecule has 0 fully saturated rings. The number of hydrogen-bond donors (Lipinski definition) is 1. The molecule has 0 saturated carbocycles. The summed E-state index contributed by atoms with van der Waals surface area (Å²) in [5, 5.41) is 1.06. The maximum atomic E-state index is 11.4. The van der Waals surface area contributed by atoms with E-state index in [1.165, 1.54) is 0 Å². The van der Waals surface area contributed by atoms with Gasteiger partial charge >= 0.3 is 0 Å². The molecule has 1 N–H and O–H groups in total. The van der Waals surface area contributed by atoms with Gasteiger partial charge < -0.3 is 4.98 Å². The van der Waals surface area contributed by atoms with Crippen LogP contribution >= 0.6 is 15.9 Å². The number of pyridine rings is 1. The molecule has 3 rings (SSSR count). The number of hydrogen-bond acceptors (Lipinski definition) is 2. The van der Waals surface area contributed by atoms with E-state index in [9.17, 15) is 4.21 Å². The van der Waals surface area contributed by atoms with Crippen LogP contribution in [0.4, 0.5) is 0 Å². The van der Waals surface area contributed by atoms with E-state index >= 15 is 0 Å². The molecule has 17 heavy (non-hydrogen) atoms. The maximum absolute atomic E-state index is 11.4. The summed E-state index contributed by atoms with van der Waals surface area (Å²) in [4.78, 5) is 8.50. The standard InChI is InChI=1S/C12H9BrN2OS/c1-17(16)8-2-3-9-10(5-8)15-11-4-7(13)6-14-12(9)11/h2-6,15H,1H3. The third-order valence-corrected chi connectivity index (χ3v) is 4.05. The fourth-order valence-electron chi connectivity index (χ4n) is 1.91. The number of nitrogens with zero attached hydrogens (tertiary/aromatic N) is 1. The lowest BCUT2D eigenvalue weighted by Crippen LogP contribution is -1.85. The van der Waals surface area contributed by atoms with Crippen LogP contribution in [0.25, 0.3) is 21.9 Å². The average molecular weight is 309 g/mol. The summed E-state index contributed by atoms with van der Waals surface area (Å²) in [6.07, 6.45) is 3.46. The number of nitrogens with one attached hydrogen (secondary N) is 1. The van der Waals surface area contributed by atoms with Crippen LogP contribution < -0.4 is 0 Å². The van der Waals surface area contributed by atoms with E-state index in [4.69, 9.17) is 0 Å². The molecule has 1 atom stereocenters. The lowest BCUT2D eigenvalue weighted by Gasteiger charge is -1.95. The number of rotatable bonds is 1. The van der Waals surface area contributed by atoms with E-state index < -0.39 is 10.8 Å². The fraction of sp³-hybridized carbons (Fsp3) is 0.0833. The minimum atomic E-state index is -0.961. The Balaban J connectivity index is 2.38. The first kappa shape index (κ1) is 10.9. The van der Waals surface area contributed by atoms with Crippen molar-refractivity contribution in [1.82, 2.24) is 9.97 Å². The van der Waals surface area contributed by atoms with Gasteiger partial charge in [-0.05, 0) is 40.2 Å². The number of aromatic amines is 1. The Labute approximate surface area is 109 Å². The lowest BCUT2D eigenvalue weighted by atomic mass is 10.2. The van der Waals surface area contributed by atoms with Gasteiger partial charge in [0.05, 0.1) is 11.0 Å². The zero-order valence-corrected chi connectivity index (χ0v) is 11.4. The van der Waals surface area contributed by atoms with Crippen LogP contribution in [0.15, 0.2) is 39.8 Å². The van der Waals surface area contributed by atoms with Gasteiger partial charge in [-0.1, -0.05) is 0 Å². The van der Waals surface area contributed by atoms with Crippen molar-refractivity contribution < 1.29 is 4.21 Å². The predicted octanol–water partition coefficient (Wildman–Crippen LogP) is 3.22. The largest absolute Gasteiger partial charge is 0.353 e. The van der Waals surface area contributed by atoms with Gasteiger partial charge in [-0.25, -0.2) is 0 Å². The van der Waals surface area contributed by atoms with Crippen LogP contribution in [0.1, 0.15) is 0 Å². The van der Waals surface area contributed by atoms with Gasteiger partial charge in [0.1, 0.15) is 0 Å². The molecule has 0 aliphatic rings. The van der Waals surface area contributed by atoms with E-state index in [1.54, 1.807) is 12.5 Å². The second-order valence-corrected chi connectivity index (χ2v) is 6.13. The van der Waals surface area contributed by atoms with Crippen molar-refractivity contribution in [3.05, 3.63) is 34.9 Å². The van der Waals surface area contributed by atoms with E-state index in [2.05, 4.69) is 25.9 Å². The first-order valence-corrected chi connectivity index (χ1v) is 7.40. The Morgan fingerprint density at radius 3 is 2.88 bits per heavy atom. The van der Waals surface area contributed by atoms with Crippen LogP contribution in [0, 0.1) is 0 Å². The summed E-state index contributed by atoms with van der Waals surface area (Å²) in [6, 6.07) is 7.76. The van der Waals surface area contributed by atoms with Crippen molar-refractivity contribution in [2.24, 2.45) is 0 Å². The molecule has 2 heterocycles. The summed E-state index contributed by atoms with van der Waals surface area (Å²) in [5.41, 5.74) is 2.89. The SMILES string of the molecule is CS(=O)c1ccc2c(c1)[nH]c1cc(Br)cnc12. The van der Waals surface area contributed by atoms with Crippen molar-refractivity contribution in [3.63, 3.8) is 0 Å². The summed E-state index contributed by atoms with van der Waals surface area (Å²) in [7, 11) is -0.961. The number of benzene rings is 1. The zero-order valence-electron chi connectivity index (χ0n) is 9.03. The third-order valence-electron chi connectivity index (χ3n) is 2.70. The van der Waals surface area contributed by atoms with E-state index in [0.717, 1.165) is 31.3 Å². The van der Waals surface area contributed by atoms with Crippen molar-refractivity contribution >= 4 is 48.7 Å². The number of halogens is 1. The summed E-state index contributed by atoms with van der Waals surface area (Å²) >= 11 is 3.40. The Morgan fingerprint density at radius 2 is 2.12 bits per heavy atom. The first-order valence-electron chi connectivity index (χ1n) is 5.05. The molecule has 0 spiro atoms. The van der Waals surface area contributed by atoms with Gasteiger partial charge in [0.15, 0.2) is 0 Å². The summed E-state index contributed by atoms with van der Waals surface area (Å²) < 4.78 is 12.4. The van der Waals surface area contributed by atoms with Crippen molar-refractivity contribution in [3.8, 4) is 0 Å². The number of fused-ring (bicyclic) bond motifs is 3. The predicted molar refractivity (Wildman–Crippen MR) is 73.6 cm³/mol. The second-order valence-electron chi connectivity index (χ2n) is 3.84. The van der Waals surface area contributed by atoms with Gasteiger partial charge in [0, 0.05) is 43.5 Å². The van der Waals surface area contributed by atoms with Crippen LogP contribution in [0.3, 0.4) is 0 Å². The molecular formula is C12H9BrN2OS. The third kappa shape index (κ3) is 1.79. The molecule has 0 saturated heterocycles. The summed E-state index contributed by atoms with van der Waals surface area (Å²) in [5.74, 6) is 0. The van der Waals surface area contributed by atoms with E-state index in [1.807, 2.05) is 24.3 Å². The maximum Gasteiger partial charge on any atom is 0.0958 e. The van der Waals surface area contributed by atoms with Gasteiger partial charge in [-0.15, -0.1) is 0 Å². The van der Waals surface area contributed by atoms with Gasteiger partial charge in [0.2, 0.25) is 0 Å². The Bertz CT molecular complexity index is 751. The van der Waals surface area contributed by atoms with Crippen molar-refractivity contribution in [1.29, 1.82) is 0 Å². The van der Waals surface area contributed by atoms with Crippen LogP contribution in [0.5, 0.6) is 0 Å². The minimum Gasteiger partial charge on any atom is -0.353 e. The van der Waals surface area contributed by atoms with E-state index in [-0.39, 0.29) is 0 Å². The average Bonchev–Trinajstić information content (AvgIpc) is 2.64. The number of H-pyrrole nitrogens is 1. The Morgan fingerprint density at radius 1 is 1.29 bits per heavy atom. The van der Waals surface area contributed by atoms with Crippen LogP contribution in [0.2, 0.25) is 0 Å².